The number of hydrogen-bond donors (Lipinski definition) is 3. The maximum absolute atomic E-state index is 10.2. The second kappa shape index (κ2) is 6.37. The Morgan fingerprint density at radius 2 is 2.21 bits per heavy atom. The molecule has 4 rings (SSSR count). The monoisotopic (exact) mass is 388 g/mol. The molecule has 3 N–H and O–H groups in total. The van der Waals surface area contributed by atoms with E-state index < -0.39 is 0 Å². The number of benzene rings is 1. The van der Waals surface area contributed by atoms with Crippen LogP contribution in [0.3, 0.4) is 0 Å². The lowest BCUT2D eigenvalue weighted by Gasteiger charge is -2.24. The first-order chi connectivity index (χ1) is 11.7. The van der Waals surface area contributed by atoms with Crippen molar-refractivity contribution in [1.29, 1.82) is 0 Å². The molecule has 0 radical (unpaired) electrons. The third kappa shape index (κ3) is 2.83. The predicted octanol–water partition coefficient (Wildman–Crippen LogP) is 2.42. The van der Waals surface area contributed by atoms with Gasteiger partial charge in [0.05, 0.1) is 11.7 Å². The number of piperidine rings is 1. The van der Waals surface area contributed by atoms with E-state index >= 15 is 0 Å². The lowest BCUT2D eigenvalue weighted by atomic mass is 10.1. The van der Waals surface area contributed by atoms with Gasteiger partial charge in [-0.15, -0.1) is 10.2 Å². The van der Waals surface area contributed by atoms with E-state index in [0.717, 1.165) is 35.9 Å². The lowest BCUT2D eigenvalue weighted by molar-refractivity contribution is 0.475. The van der Waals surface area contributed by atoms with Gasteiger partial charge in [0.2, 0.25) is 5.95 Å². The van der Waals surface area contributed by atoms with Crippen LogP contribution in [0, 0.1) is 0 Å². The summed E-state index contributed by atoms with van der Waals surface area (Å²) in [5.74, 6) is 0.767. The number of aromatic hydroxyl groups is 1. The fraction of sp³-hybridized carbons (Fsp3) is 0.312. The van der Waals surface area contributed by atoms with E-state index in [0.29, 0.717) is 23.2 Å². The van der Waals surface area contributed by atoms with Crippen LogP contribution in [0.5, 0.6) is 5.75 Å². The smallest absolute Gasteiger partial charge is 0.244 e. The van der Waals surface area contributed by atoms with Crippen molar-refractivity contribution in [2.45, 2.75) is 18.9 Å². The summed E-state index contributed by atoms with van der Waals surface area (Å²) in [6, 6.07) is 7.50. The number of hydrogen-bond acceptors (Lipinski definition) is 6. The molecule has 1 aliphatic rings. The van der Waals surface area contributed by atoms with Gasteiger partial charge >= 0.3 is 0 Å². The molecule has 0 spiro atoms. The zero-order valence-corrected chi connectivity index (χ0v) is 14.5. The Morgan fingerprint density at radius 1 is 1.29 bits per heavy atom. The third-order valence-corrected chi connectivity index (χ3v) is 4.67. The van der Waals surface area contributed by atoms with Gasteiger partial charge in [-0.2, -0.15) is 9.61 Å². The molecule has 1 fully saturated rings. The molecule has 1 atom stereocenters. The normalized spacial score (nSPS) is 18.0. The van der Waals surface area contributed by atoms with Crippen molar-refractivity contribution in [2.75, 3.05) is 18.4 Å². The number of halogens is 1. The molecule has 124 valence electrons. The van der Waals surface area contributed by atoms with Gasteiger partial charge in [-0.05, 0) is 43.7 Å². The molecule has 0 saturated carbocycles. The Balaban J connectivity index is 1.74. The van der Waals surface area contributed by atoms with Gasteiger partial charge in [0.1, 0.15) is 11.4 Å². The van der Waals surface area contributed by atoms with Crippen LogP contribution in [0.1, 0.15) is 12.8 Å². The minimum Gasteiger partial charge on any atom is -0.507 e. The lowest BCUT2D eigenvalue weighted by Crippen LogP contribution is -2.39. The number of rotatable bonds is 3. The molecule has 7 nitrogen and oxygen atoms in total. The minimum absolute atomic E-state index is 0.152. The van der Waals surface area contributed by atoms with Crippen molar-refractivity contribution in [2.24, 2.45) is 0 Å². The van der Waals surface area contributed by atoms with Crippen LogP contribution in [0.25, 0.3) is 16.8 Å². The van der Waals surface area contributed by atoms with Crippen molar-refractivity contribution in [3.63, 3.8) is 0 Å². The predicted molar refractivity (Wildman–Crippen MR) is 95.1 cm³/mol. The van der Waals surface area contributed by atoms with Gasteiger partial charge in [0.25, 0.3) is 0 Å². The van der Waals surface area contributed by atoms with Gasteiger partial charge in [-0.1, -0.05) is 15.9 Å². The van der Waals surface area contributed by atoms with E-state index in [9.17, 15) is 5.11 Å². The summed E-state index contributed by atoms with van der Waals surface area (Å²) in [5.41, 5.74) is 2.03. The number of phenolic OH excluding ortho intramolecular Hbond substituents is 1. The molecular formula is C16H17BrN6O. The van der Waals surface area contributed by atoms with Gasteiger partial charge in [0, 0.05) is 22.6 Å². The van der Waals surface area contributed by atoms with E-state index in [1.165, 1.54) is 0 Å². The summed E-state index contributed by atoms with van der Waals surface area (Å²) in [6.07, 6.45) is 3.94. The van der Waals surface area contributed by atoms with Crippen LogP contribution in [0.15, 0.2) is 34.9 Å². The summed E-state index contributed by atoms with van der Waals surface area (Å²) in [6.45, 7) is 1.96. The molecule has 0 unspecified atom stereocenters. The zero-order valence-electron chi connectivity index (χ0n) is 12.9. The molecule has 1 aromatic carbocycles. The Labute approximate surface area is 147 Å². The maximum atomic E-state index is 10.2. The standard InChI is InChI=1S/C16H17BrN6O/c17-10-3-4-12(14(24)8-10)15-13-5-7-19-23(13)16(22-21-15)20-11-2-1-6-18-9-11/h3-5,7-8,11,18,24H,1-2,6,9H2,(H,20,22)/t11-/m1/s1. The molecule has 1 saturated heterocycles. The first-order valence-electron chi connectivity index (χ1n) is 7.89. The van der Waals surface area contributed by atoms with Crippen LogP contribution in [-0.4, -0.2) is 44.0 Å². The van der Waals surface area contributed by atoms with Crippen molar-refractivity contribution in [3.05, 3.63) is 34.9 Å². The first-order valence-corrected chi connectivity index (χ1v) is 8.68. The topological polar surface area (TPSA) is 87.4 Å². The van der Waals surface area contributed by atoms with E-state index in [4.69, 9.17) is 0 Å². The molecule has 2 aromatic heterocycles. The van der Waals surface area contributed by atoms with Crippen LogP contribution in [-0.2, 0) is 0 Å². The molecule has 0 amide bonds. The quantitative estimate of drug-likeness (QED) is 0.638. The molecule has 0 aliphatic carbocycles. The zero-order chi connectivity index (χ0) is 16.5. The Hall–Kier alpha value is -2.19. The van der Waals surface area contributed by atoms with Crippen molar-refractivity contribution in [1.82, 2.24) is 25.1 Å². The van der Waals surface area contributed by atoms with Gasteiger partial charge in [0.15, 0.2) is 0 Å². The van der Waals surface area contributed by atoms with Crippen molar-refractivity contribution in [3.8, 4) is 17.0 Å². The second-order valence-electron chi connectivity index (χ2n) is 5.85. The average molecular weight is 389 g/mol. The Kier molecular flexibility index (Phi) is 4.07. The number of anilines is 1. The summed E-state index contributed by atoms with van der Waals surface area (Å²) in [4.78, 5) is 0. The number of nitrogens with zero attached hydrogens (tertiary/aromatic N) is 4. The van der Waals surface area contributed by atoms with Crippen molar-refractivity contribution >= 4 is 27.4 Å². The van der Waals surface area contributed by atoms with Crippen LogP contribution >= 0.6 is 15.9 Å². The summed E-state index contributed by atoms with van der Waals surface area (Å²) in [7, 11) is 0. The fourth-order valence-electron chi connectivity index (χ4n) is 2.99. The van der Waals surface area contributed by atoms with E-state index in [-0.39, 0.29) is 5.75 Å². The Morgan fingerprint density at radius 3 is 3.00 bits per heavy atom. The molecule has 0 bridgehead atoms. The van der Waals surface area contributed by atoms with Gasteiger partial charge in [-0.3, -0.25) is 0 Å². The first kappa shape index (κ1) is 15.3. The Bertz CT molecular complexity index is 874. The van der Waals surface area contributed by atoms with Crippen LogP contribution in [0.4, 0.5) is 5.95 Å². The summed E-state index contributed by atoms with van der Waals surface area (Å²) < 4.78 is 2.54. The number of phenols is 1. The van der Waals surface area contributed by atoms with Crippen LogP contribution < -0.4 is 10.6 Å². The average Bonchev–Trinajstić information content (AvgIpc) is 3.07. The molecule has 8 heteroatoms. The molecule has 1 aliphatic heterocycles. The second-order valence-corrected chi connectivity index (χ2v) is 6.77. The highest BCUT2D eigenvalue weighted by molar-refractivity contribution is 9.10. The fourth-order valence-corrected chi connectivity index (χ4v) is 3.34. The highest BCUT2D eigenvalue weighted by Gasteiger charge is 2.18. The van der Waals surface area contributed by atoms with E-state index in [1.807, 2.05) is 18.2 Å². The molecular weight excluding hydrogens is 372 g/mol. The SMILES string of the molecule is Oc1cc(Br)ccc1-c1nnc(N[C@@H]2CCCNC2)n2nccc12. The molecule has 3 aromatic rings. The number of aromatic nitrogens is 4. The molecule has 24 heavy (non-hydrogen) atoms. The summed E-state index contributed by atoms with van der Waals surface area (Å²) in [5, 5.41) is 30.0. The summed E-state index contributed by atoms with van der Waals surface area (Å²) >= 11 is 3.35. The maximum Gasteiger partial charge on any atom is 0.244 e. The van der Waals surface area contributed by atoms with Crippen LogP contribution in [0.2, 0.25) is 0 Å². The van der Waals surface area contributed by atoms with Gasteiger partial charge in [-0.25, -0.2) is 0 Å². The number of fused-ring (bicyclic) bond motifs is 1. The van der Waals surface area contributed by atoms with E-state index in [1.54, 1.807) is 16.8 Å². The third-order valence-electron chi connectivity index (χ3n) is 4.18. The minimum atomic E-state index is 0.152. The highest BCUT2D eigenvalue weighted by Crippen LogP contribution is 2.33. The number of nitrogens with one attached hydrogen (secondary N) is 2. The highest BCUT2D eigenvalue weighted by atomic mass is 79.9. The van der Waals surface area contributed by atoms with Gasteiger partial charge < -0.3 is 15.7 Å². The molecule has 3 heterocycles. The largest absolute Gasteiger partial charge is 0.507 e. The van der Waals surface area contributed by atoms with E-state index in [2.05, 4.69) is 41.9 Å². The van der Waals surface area contributed by atoms with Crippen molar-refractivity contribution < 1.29 is 5.11 Å².